The van der Waals surface area contributed by atoms with Crippen LogP contribution in [0.15, 0.2) is 42.5 Å². The average Bonchev–Trinajstić information content (AvgIpc) is 3.18. The summed E-state index contributed by atoms with van der Waals surface area (Å²) in [5.41, 5.74) is -6.25. The number of alkyl halides is 6. The second-order valence-corrected chi connectivity index (χ2v) is 11.8. The number of carbonyl (C=O) groups excluding carboxylic acids is 2. The van der Waals surface area contributed by atoms with Gasteiger partial charge in [-0.3, -0.25) is 14.6 Å². The molecular formula is C31H38F6N4O4. The molecule has 0 saturated carbocycles. The molecule has 2 aliphatic rings. The summed E-state index contributed by atoms with van der Waals surface area (Å²) in [6.45, 7) is 9.40. The van der Waals surface area contributed by atoms with Crippen LogP contribution in [0.25, 0.3) is 0 Å². The van der Waals surface area contributed by atoms with Crippen LogP contribution in [-0.4, -0.2) is 84.6 Å². The van der Waals surface area contributed by atoms with E-state index < -0.39 is 41.0 Å². The molecule has 4 rings (SSSR count). The molecule has 45 heavy (non-hydrogen) atoms. The minimum atomic E-state index is -5.96. The standard InChI is InChI=1S/C31H38F6N4O4/c1-5-8-21-19-22(29(44,30(32,33)34)31(35,36)37)11-12-24(21)40-16-13-39(14-17-40)15-18-41-26(42)28(4,38-27(41)43)23-9-6-7-10-25(23)45-20(2)3/h6-7,9-12,19-20,44H,5,8,13-18H2,1-4H3,(H,38,43). The Labute approximate surface area is 257 Å². The summed E-state index contributed by atoms with van der Waals surface area (Å²) in [5, 5.41) is 12.7. The molecule has 2 N–H and O–H groups in total. The van der Waals surface area contributed by atoms with E-state index in [2.05, 4.69) is 5.32 Å². The number of carbonyl (C=O) groups is 2. The lowest BCUT2D eigenvalue weighted by Gasteiger charge is -2.38. The molecule has 0 aromatic heterocycles. The fourth-order valence-electron chi connectivity index (χ4n) is 5.85. The Hall–Kier alpha value is -3.52. The van der Waals surface area contributed by atoms with E-state index in [0.717, 1.165) is 6.07 Å². The number of halogens is 6. The fourth-order valence-corrected chi connectivity index (χ4v) is 5.85. The number of nitrogens with one attached hydrogen (secondary N) is 1. The molecule has 248 valence electrons. The molecule has 0 aliphatic carbocycles. The van der Waals surface area contributed by atoms with E-state index in [1.165, 1.54) is 11.0 Å². The highest BCUT2D eigenvalue weighted by Crippen LogP contribution is 2.50. The first-order chi connectivity index (χ1) is 20.9. The number of piperazine rings is 1. The summed E-state index contributed by atoms with van der Waals surface area (Å²) in [5.74, 6) is 0.0894. The van der Waals surface area contributed by atoms with E-state index in [0.29, 0.717) is 62.2 Å². The van der Waals surface area contributed by atoms with Gasteiger partial charge in [-0.2, -0.15) is 26.3 Å². The number of imide groups is 1. The van der Waals surface area contributed by atoms with Crippen LogP contribution in [-0.2, 0) is 22.4 Å². The molecule has 2 aromatic rings. The van der Waals surface area contributed by atoms with E-state index in [4.69, 9.17) is 4.74 Å². The molecule has 0 bridgehead atoms. The van der Waals surface area contributed by atoms with Crippen LogP contribution in [0, 0.1) is 0 Å². The third-order valence-electron chi connectivity index (χ3n) is 8.25. The number of aryl methyl sites for hydroxylation is 1. The highest BCUT2D eigenvalue weighted by molar-refractivity contribution is 6.07. The van der Waals surface area contributed by atoms with Crippen molar-refractivity contribution in [2.75, 3.05) is 44.2 Å². The second-order valence-electron chi connectivity index (χ2n) is 11.8. The van der Waals surface area contributed by atoms with Gasteiger partial charge in [-0.05, 0) is 44.9 Å². The van der Waals surface area contributed by atoms with Gasteiger partial charge in [-0.15, -0.1) is 0 Å². The summed E-state index contributed by atoms with van der Waals surface area (Å²) in [7, 11) is 0. The first-order valence-corrected chi connectivity index (χ1v) is 14.8. The van der Waals surface area contributed by atoms with Crippen molar-refractivity contribution in [3.8, 4) is 5.75 Å². The average molecular weight is 645 g/mol. The molecule has 3 amide bonds. The molecule has 0 radical (unpaired) electrons. The van der Waals surface area contributed by atoms with Gasteiger partial charge in [-0.25, -0.2) is 4.79 Å². The van der Waals surface area contributed by atoms with Gasteiger partial charge in [0.2, 0.25) is 0 Å². The van der Waals surface area contributed by atoms with Crippen LogP contribution in [0.1, 0.15) is 50.8 Å². The Balaban J connectivity index is 1.43. The molecule has 1 unspecified atom stereocenters. The summed E-state index contributed by atoms with van der Waals surface area (Å²) < 4.78 is 86.8. The maximum atomic E-state index is 13.5. The van der Waals surface area contributed by atoms with E-state index in [-0.39, 0.29) is 24.6 Å². The normalized spacial score (nSPS) is 20.3. The monoisotopic (exact) mass is 644 g/mol. The van der Waals surface area contributed by atoms with Gasteiger partial charge in [0.15, 0.2) is 0 Å². The van der Waals surface area contributed by atoms with Gasteiger partial charge < -0.3 is 20.1 Å². The summed E-state index contributed by atoms with van der Waals surface area (Å²) >= 11 is 0. The van der Waals surface area contributed by atoms with Crippen molar-refractivity contribution in [2.24, 2.45) is 0 Å². The number of anilines is 1. The highest BCUT2D eigenvalue weighted by Gasteiger charge is 2.71. The smallest absolute Gasteiger partial charge is 0.430 e. The number of rotatable bonds is 10. The number of amides is 3. The maximum absolute atomic E-state index is 13.5. The molecule has 2 saturated heterocycles. The Kier molecular flexibility index (Phi) is 9.70. The van der Waals surface area contributed by atoms with E-state index in [1.54, 1.807) is 38.1 Å². The zero-order valence-electron chi connectivity index (χ0n) is 25.6. The lowest BCUT2D eigenvalue weighted by Crippen LogP contribution is -2.54. The Morgan fingerprint density at radius 3 is 2.16 bits per heavy atom. The SMILES string of the molecule is CCCc1cc(C(O)(C(F)(F)F)C(F)(F)F)ccc1N1CCN(CCN2C(=O)NC(C)(c3ccccc3OC(C)C)C2=O)CC1. The predicted octanol–water partition coefficient (Wildman–Crippen LogP) is 5.33. The molecule has 2 heterocycles. The van der Waals surface area contributed by atoms with Crippen molar-refractivity contribution in [3.05, 3.63) is 59.2 Å². The van der Waals surface area contributed by atoms with Gasteiger partial charge in [0.25, 0.3) is 11.5 Å². The fraction of sp³-hybridized carbons (Fsp3) is 0.548. The van der Waals surface area contributed by atoms with Crippen molar-refractivity contribution in [1.29, 1.82) is 0 Å². The van der Waals surface area contributed by atoms with Gasteiger partial charge in [0.1, 0.15) is 11.3 Å². The number of benzene rings is 2. The van der Waals surface area contributed by atoms with E-state index >= 15 is 0 Å². The number of urea groups is 1. The van der Waals surface area contributed by atoms with Crippen LogP contribution in [0.5, 0.6) is 5.75 Å². The lowest BCUT2D eigenvalue weighted by atomic mass is 9.89. The van der Waals surface area contributed by atoms with Gasteiger partial charge in [0, 0.05) is 56.1 Å². The molecule has 0 spiro atoms. The number of ether oxygens (including phenoxy) is 1. The van der Waals surface area contributed by atoms with Crippen molar-refractivity contribution in [1.82, 2.24) is 15.1 Å². The first-order valence-electron chi connectivity index (χ1n) is 14.8. The topological polar surface area (TPSA) is 85.3 Å². The Morgan fingerprint density at radius 2 is 1.58 bits per heavy atom. The van der Waals surface area contributed by atoms with Crippen molar-refractivity contribution >= 4 is 17.6 Å². The van der Waals surface area contributed by atoms with Gasteiger partial charge in [-0.1, -0.05) is 43.7 Å². The van der Waals surface area contributed by atoms with Crippen LogP contribution in [0.3, 0.4) is 0 Å². The van der Waals surface area contributed by atoms with Crippen LogP contribution < -0.4 is 15.0 Å². The lowest BCUT2D eigenvalue weighted by molar-refractivity contribution is -0.376. The number of hydrogen-bond acceptors (Lipinski definition) is 6. The molecule has 14 heteroatoms. The van der Waals surface area contributed by atoms with Gasteiger partial charge in [0.05, 0.1) is 6.10 Å². The Morgan fingerprint density at radius 1 is 0.956 bits per heavy atom. The van der Waals surface area contributed by atoms with Gasteiger partial charge >= 0.3 is 18.4 Å². The molecule has 8 nitrogen and oxygen atoms in total. The third kappa shape index (κ3) is 6.57. The maximum Gasteiger partial charge on any atom is 0.430 e. The third-order valence-corrected chi connectivity index (χ3v) is 8.25. The molecule has 2 aromatic carbocycles. The van der Waals surface area contributed by atoms with Crippen molar-refractivity contribution < 1.29 is 45.8 Å². The van der Waals surface area contributed by atoms with Crippen LogP contribution in [0.2, 0.25) is 0 Å². The summed E-state index contributed by atoms with van der Waals surface area (Å²) in [4.78, 5) is 31.5. The molecule has 1 atom stereocenters. The van der Waals surface area contributed by atoms with Crippen LogP contribution >= 0.6 is 0 Å². The van der Waals surface area contributed by atoms with Crippen molar-refractivity contribution in [2.45, 2.75) is 70.1 Å². The number of hydrogen-bond donors (Lipinski definition) is 2. The zero-order valence-corrected chi connectivity index (χ0v) is 25.6. The molecule has 2 aliphatic heterocycles. The Bertz CT molecular complexity index is 1380. The van der Waals surface area contributed by atoms with E-state index in [1.807, 2.05) is 23.6 Å². The minimum Gasteiger partial charge on any atom is -0.491 e. The molecular weight excluding hydrogens is 606 g/mol. The minimum absolute atomic E-state index is 0.122. The summed E-state index contributed by atoms with van der Waals surface area (Å²) in [6, 6.07) is 9.19. The number of para-hydroxylation sites is 1. The molecule has 2 fully saturated rings. The second kappa shape index (κ2) is 12.7. The quantitative estimate of drug-likeness (QED) is 0.269. The predicted molar refractivity (Wildman–Crippen MR) is 155 cm³/mol. The highest BCUT2D eigenvalue weighted by atomic mass is 19.4. The zero-order chi connectivity index (χ0) is 33.4. The summed E-state index contributed by atoms with van der Waals surface area (Å²) in [6.07, 6.45) is -11.4. The first kappa shape index (κ1) is 34.4. The number of nitrogens with zero attached hydrogens (tertiary/aromatic N) is 3. The number of aliphatic hydroxyl groups is 1. The largest absolute Gasteiger partial charge is 0.491 e. The van der Waals surface area contributed by atoms with Crippen LogP contribution in [0.4, 0.5) is 36.8 Å². The van der Waals surface area contributed by atoms with E-state index in [9.17, 15) is 41.0 Å². The van der Waals surface area contributed by atoms with Crippen molar-refractivity contribution in [3.63, 3.8) is 0 Å².